The predicted molar refractivity (Wildman–Crippen MR) is 86.9 cm³/mol. The molecule has 0 aromatic heterocycles. The van der Waals surface area contributed by atoms with Crippen LogP contribution in [0.4, 0.5) is 8.63 Å². The molecule has 0 saturated heterocycles. The minimum Gasteiger partial charge on any atom is -0.660 e. The van der Waals surface area contributed by atoms with Crippen molar-refractivity contribution in [1.82, 2.24) is 0 Å². The fourth-order valence-corrected chi connectivity index (χ4v) is 2.91. The first-order chi connectivity index (χ1) is 10.6. The quantitative estimate of drug-likeness (QED) is 0.561. The third-order valence-electron chi connectivity index (χ3n) is 3.97. The predicted octanol–water partition coefficient (Wildman–Crippen LogP) is 5.19. The van der Waals surface area contributed by atoms with Crippen molar-refractivity contribution in [1.29, 1.82) is 0 Å². The molecular formula is C18H12BF2O-. The van der Waals surface area contributed by atoms with Gasteiger partial charge in [-0.25, -0.2) is 0 Å². The Morgan fingerprint density at radius 2 is 1.50 bits per heavy atom. The summed E-state index contributed by atoms with van der Waals surface area (Å²) in [4.78, 5) is 0. The Balaban J connectivity index is 2.00. The minimum absolute atomic E-state index is 0.0514. The van der Waals surface area contributed by atoms with Crippen LogP contribution in [0.2, 0.25) is 0 Å². The van der Waals surface area contributed by atoms with Crippen LogP contribution in [-0.2, 0) is 0 Å². The van der Waals surface area contributed by atoms with E-state index in [0.717, 1.165) is 10.8 Å². The third-order valence-corrected chi connectivity index (χ3v) is 3.97. The van der Waals surface area contributed by atoms with E-state index in [9.17, 15) is 8.63 Å². The Hall–Kier alpha value is -2.62. The van der Waals surface area contributed by atoms with Crippen molar-refractivity contribution in [2.45, 2.75) is 0 Å². The van der Waals surface area contributed by atoms with Crippen molar-refractivity contribution in [3.63, 3.8) is 0 Å². The van der Waals surface area contributed by atoms with E-state index in [1.165, 1.54) is 0 Å². The van der Waals surface area contributed by atoms with Gasteiger partial charge in [-0.2, -0.15) is 0 Å². The molecule has 22 heavy (non-hydrogen) atoms. The molecule has 0 aliphatic carbocycles. The van der Waals surface area contributed by atoms with Crippen LogP contribution in [-0.4, -0.2) is 6.90 Å². The Morgan fingerprint density at radius 1 is 0.773 bits per heavy atom. The van der Waals surface area contributed by atoms with Crippen LogP contribution in [0.15, 0.2) is 66.7 Å². The molecule has 3 aromatic carbocycles. The SMILES string of the molecule is F[B-]1(F)Oc2ccc3ccccc3c2C=C1c1ccccc1. The molecule has 3 aromatic rings. The Bertz CT molecular complexity index is 888. The standard InChI is InChI=1S/C18H12BF2O/c20-19(21)17(14-7-2-1-3-8-14)12-16-15-9-5-4-6-13(15)10-11-18(16)22-19/h1-12H/q-1. The summed E-state index contributed by atoms with van der Waals surface area (Å²) in [5.74, 6) is 0.239. The van der Waals surface area contributed by atoms with Crippen molar-refractivity contribution in [2.24, 2.45) is 0 Å². The number of fused-ring (bicyclic) bond motifs is 3. The average Bonchev–Trinajstić information content (AvgIpc) is 2.54. The van der Waals surface area contributed by atoms with E-state index in [4.69, 9.17) is 4.65 Å². The summed E-state index contributed by atoms with van der Waals surface area (Å²) in [5, 5.41) is 1.92. The molecule has 0 unspecified atom stereocenters. The zero-order valence-electron chi connectivity index (χ0n) is 11.7. The van der Waals surface area contributed by atoms with Crippen molar-refractivity contribution < 1.29 is 13.3 Å². The summed E-state index contributed by atoms with van der Waals surface area (Å²) >= 11 is 0. The van der Waals surface area contributed by atoms with E-state index in [1.54, 1.807) is 36.4 Å². The van der Waals surface area contributed by atoms with Gasteiger partial charge in [-0.05, 0) is 16.8 Å². The summed E-state index contributed by atoms with van der Waals surface area (Å²) in [7, 11) is 0. The molecule has 0 N–H and O–H groups in total. The topological polar surface area (TPSA) is 9.23 Å². The molecule has 0 bridgehead atoms. The van der Waals surface area contributed by atoms with Gasteiger partial charge in [0.05, 0.1) is 5.75 Å². The van der Waals surface area contributed by atoms with Gasteiger partial charge < -0.3 is 13.3 Å². The zero-order chi connectivity index (χ0) is 15.2. The van der Waals surface area contributed by atoms with Crippen LogP contribution < -0.4 is 4.65 Å². The van der Waals surface area contributed by atoms with Crippen molar-refractivity contribution in [3.05, 3.63) is 77.9 Å². The van der Waals surface area contributed by atoms with E-state index < -0.39 is 6.90 Å². The monoisotopic (exact) mass is 293 g/mol. The van der Waals surface area contributed by atoms with Gasteiger partial charge in [0.15, 0.2) is 0 Å². The first-order valence-electron chi connectivity index (χ1n) is 7.14. The van der Waals surface area contributed by atoms with E-state index in [2.05, 4.69) is 0 Å². The van der Waals surface area contributed by atoms with Gasteiger partial charge in [0.1, 0.15) is 0 Å². The second-order valence-corrected chi connectivity index (χ2v) is 5.38. The molecular weight excluding hydrogens is 281 g/mol. The second kappa shape index (κ2) is 4.70. The number of hydrogen-bond acceptors (Lipinski definition) is 1. The van der Waals surface area contributed by atoms with Crippen LogP contribution in [0.25, 0.3) is 22.3 Å². The number of hydrogen-bond donors (Lipinski definition) is 0. The molecule has 1 nitrogen and oxygen atoms in total. The molecule has 0 atom stereocenters. The van der Waals surface area contributed by atoms with Gasteiger partial charge in [-0.3, -0.25) is 0 Å². The van der Waals surface area contributed by atoms with Gasteiger partial charge in [-0.1, -0.05) is 77.8 Å². The maximum atomic E-state index is 14.4. The summed E-state index contributed by atoms with van der Waals surface area (Å²) in [6.07, 6.45) is 1.57. The molecule has 1 heterocycles. The van der Waals surface area contributed by atoms with E-state index in [1.807, 2.05) is 36.4 Å². The highest BCUT2D eigenvalue weighted by Crippen LogP contribution is 2.42. The van der Waals surface area contributed by atoms with Crippen LogP contribution >= 0.6 is 0 Å². The van der Waals surface area contributed by atoms with Crippen molar-refractivity contribution in [2.75, 3.05) is 0 Å². The van der Waals surface area contributed by atoms with Crippen LogP contribution in [0, 0.1) is 0 Å². The Labute approximate surface area is 126 Å². The van der Waals surface area contributed by atoms with Gasteiger partial charge in [0.25, 0.3) is 0 Å². The van der Waals surface area contributed by atoms with Gasteiger partial charge in [0.2, 0.25) is 0 Å². The lowest BCUT2D eigenvalue weighted by molar-refractivity contribution is 0.397. The van der Waals surface area contributed by atoms with Crippen molar-refractivity contribution in [3.8, 4) is 5.75 Å². The average molecular weight is 293 g/mol. The molecule has 0 saturated carbocycles. The minimum atomic E-state index is -4.06. The van der Waals surface area contributed by atoms with Gasteiger partial charge in [-0.15, -0.1) is 0 Å². The highest BCUT2D eigenvalue weighted by atomic mass is 19.3. The van der Waals surface area contributed by atoms with Crippen molar-refractivity contribution >= 4 is 29.2 Å². The number of benzene rings is 3. The lowest BCUT2D eigenvalue weighted by Gasteiger charge is -2.35. The first-order valence-corrected chi connectivity index (χ1v) is 7.14. The summed E-state index contributed by atoms with van der Waals surface area (Å²) in [6, 6.07) is 19.8. The van der Waals surface area contributed by atoms with Crippen LogP contribution in [0.1, 0.15) is 11.1 Å². The fraction of sp³-hybridized carbons (Fsp3) is 0. The highest BCUT2D eigenvalue weighted by Gasteiger charge is 2.37. The van der Waals surface area contributed by atoms with Gasteiger partial charge in [0, 0.05) is 5.56 Å². The largest absolute Gasteiger partial charge is 0.660 e. The molecule has 0 radical (unpaired) electrons. The maximum absolute atomic E-state index is 14.4. The molecule has 1 aliphatic heterocycles. The van der Waals surface area contributed by atoms with Crippen LogP contribution in [0.3, 0.4) is 0 Å². The molecule has 4 rings (SSSR count). The molecule has 0 amide bonds. The summed E-state index contributed by atoms with van der Waals surface area (Å²) in [6.45, 7) is -4.06. The molecule has 0 spiro atoms. The van der Waals surface area contributed by atoms with E-state index in [0.29, 0.717) is 11.1 Å². The first kappa shape index (κ1) is 13.1. The maximum Gasteiger partial charge on any atom is 0.534 e. The summed E-state index contributed by atoms with van der Waals surface area (Å²) in [5.41, 5.74) is 1.15. The number of rotatable bonds is 1. The van der Waals surface area contributed by atoms with E-state index >= 15 is 0 Å². The lowest BCUT2D eigenvalue weighted by atomic mass is 9.69. The zero-order valence-corrected chi connectivity index (χ0v) is 11.7. The second-order valence-electron chi connectivity index (χ2n) is 5.38. The van der Waals surface area contributed by atoms with E-state index in [-0.39, 0.29) is 11.2 Å². The molecule has 108 valence electrons. The molecule has 0 fully saturated rings. The molecule has 4 heteroatoms. The normalized spacial score (nSPS) is 15.8. The fourth-order valence-electron chi connectivity index (χ4n) is 2.91. The Morgan fingerprint density at radius 3 is 2.32 bits per heavy atom. The highest BCUT2D eigenvalue weighted by molar-refractivity contribution is 6.82. The Kier molecular flexibility index (Phi) is 2.79. The lowest BCUT2D eigenvalue weighted by Crippen LogP contribution is -2.36. The smallest absolute Gasteiger partial charge is 0.534 e. The third kappa shape index (κ3) is 1.99. The summed E-state index contributed by atoms with van der Waals surface area (Å²) < 4.78 is 33.9. The molecule has 1 aliphatic rings. The van der Waals surface area contributed by atoms with Crippen LogP contribution in [0.5, 0.6) is 5.75 Å². The number of halogens is 2. The van der Waals surface area contributed by atoms with Gasteiger partial charge >= 0.3 is 6.90 Å².